The summed E-state index contributed by atoms with van der Waals surface area (Å²) >= 11 is 0. The van der Waals surface area contributed by atoms with Crippen molar-refractivity contribution < 1.29 is 36.7 Å². The van der Waals surface area contributed by atoms with Crippen molar-refractivity contribution in [3.05, 3.63) is 30.1 Å². The van der Waals surface area contributed by atoms with E-state index in [4.69, 9.17) is 4.74 Å². The molecular formula is C18H24F4N4O4. The lowest BCUT2D eigenvalue weighted by Gasteiger charge is -2.35. The molecule has 0 aromatic carbocycles. The maximum atomic E-state index is 14.3. The van der Waals surface area contributed by atoms with Gasteiger partial charge in [0.2, 0.25) is 6.41 Å². The summed E-state index contributed by atoms with van der Waals surface area (Å²) in [6, 6.07) is 3.67. The molecule has 1 saturated heterocycles. The van der Waals surface area contributed by atoms with Crippen LogP contribution >= 0.6 is 0 Å². The van der Waals surface area contributed by atoms with E-state index < -0.39 is 35.1 Å². The second kappa shape index (κ2) is 10.2. The van der Waals surface area contributed by atoms with Crippen LogP contribution in [0.5, 0.6) is 0 Å². The van der Waals surface area contributed by atoms with E-state index in [9.17, 15) is 31.9 Å². The van der Waals surface area contributed by atoms with Crippen molar-refractivity contribution in [1.29, 1.82) is 0 Å². The normalized spacial score (nSPS) is 15.9. The van der Waals surface area contributed by atoms with Crippen LogP contribution in [0.4, 0.5) is 22.4 Å². The zero-order chi connectivity index (χ0) is 23.0. The Morgan fingerprint density at radius 3 is 2.20 bits per heavy atom. The average Bonchev–Trinajstić information content (AvgIpc) is 2.65. The average molecular weight is 436 g/mol. The molecule has 2 N–H and O–H groups in total. The predicted octanol–water partition coefficient (Wildman–Crippen LogP) is 2.60. The third-order valence-corrected chi connectivity index (χ3v) is 3.81. The molecule has 0 aliphatic carbocycles. The summed E-state index contributed by atoms with van der Waals surface area (Å²) in [5, 5.41) is 0. The molecule has 0 radical (unpaired) electrons. The van der Waals surface area contributed by atoms with Gasteiger partial charge in [0.25, 0.3) is 5.91 Å². The van der Waals surface area contributed by atoms with Crippen LogP contribution in [-0.2, 0) is 20.5 Å². The quantitative estimate of drug-likeness (QED) is 0.431. The number of pyridine rings is 1. The fourth-order valence-corrected chi connectivity index (χ4v) is 2.33. The maximum Gasteiger partial charge on any atom is 0.433 e. The lowest BCUT2D eigenvalue weighted by molar-refractivity contribution is -0.141. The Balaban J connectivity index is 0.000000375. The number of likely N-dealkylation sites (tertiary alicyclic amines) is 1. The molecule has 0 atom stereocenters. The van der Waals surface area contributed by atoms with Gasteiger partial charge in [-0.1, -0.05) is 6.07 Å². The zero-order valence-electron chi connectivity index (χ0n) is 16.8. The standard InChI is InChI=1S/C12H20FN3O4.C6H4F3N/c1-11(2,3)20-10(19)16-6-4-12(13,5-7-16)9(18)15-14-8-17;7-6(8,9)5-3-1-2-4-10-5/h8H,4-7H2,1-3H3,(H,14,17)(H,15,18);1-4H. The van der Waals surface area contributed by atoms with Crippen molar-refractivity contribution >= 4 is 18.4 Å². The summed E-state index contributed by atoms with van der Waals surface area (Å²) in [5.74, 6) is -0.909. The van der Waals surface area contributed by atoms with Gasteiger partial charge < -0.3 is 9.64 Å². The van der Waals surface area contributed by atoms with Crippen molar-refractivity contribution in [2.45, 2.75) is 51.1 Å². The summed E-state index contributed by atoms with van der Waals surface area (Å²) in [6.07, 6.45) is -3.76. The number of rotatable bonds is 3. The molecule has 0 unspecified atom stereocenters. The van der Waals surface area contributed by atoms with Crippen molar-refractivity contribution in [2.24, 2.45) is 0 Å². The Morgan fingerprint density at radius 1 is 1.20 bits per heavy atom. The number of hydrazine groups is 1. The smallest absolute Gasteiger partial charge is 0.433 e. The molecule has 3 amide bonds. The number of amides is 3. The van der Waals surface area contributed by atoms with E-state index in [1.54, 1.807) is 20.8 Å². The van der Waals surface area contributed by atoms with E-state index in [1.165, 1.54) is 17.0 Å². The van der Waals surface area contributed by atoms with E-state index in [0.717, 1.165) is 12.3 Å². The molecule has 8 nitrogen and oxygen atoms in total. The molecule has 0 bridgehead atoms. The number of nitrogens with zero attached hydrogens (tertiary/aromatic N) is 2. The molecule has 12 heteroatoms. The third kappa shape index (κ3) is 8.21. The van der Waals surface area contributed by atoms with E-state index in [-0.39, 0.29) is 32.3 Å². The minimum atomic E-state index is -4.32. The molecule has 1 aliphatic heterocycles. The number of hydrogen-bond acceptors (Lipinski definition) is 5. The SMILES string of the molecule is CC(C)(C)OC(=O)N1CCC(F)(C(=O)NNC=O)CC1.FC(F)(F)c1ccccn1. The second-order valence-corrected chi connectivity index (χ2v) is 7.36. The van der Waals surface area contributed by atoms with Gasteiger partial charge in [-0.2, -0.15) is 13.2 Å². The number of hydrogen-bond donors (Lipinski definition) is 2. The van der Waals surface area contributed by atoms with Crippen LogP contribution < -0.4 is 10.9 Å². The molecule has 2 heterocycles. The Morgan fingerprint density at radius 2 is 1.80 bits per heavy atom. The van der Waals surface area contributed by atoms with Gasteiger partial charge in [-0.15, -0.1) is 0 Å². The topological polar surface area (TPSA) is 101 Å². The Hall–Kier alpha value is -2.92. The highest BCUT2D eigenvalue weighted by Crippen LogP contribution is 2.28. The van der Waals surface area contributed by atoms with Gasteiger partial charge in [-0.25, -0.2) is 9.18 Å². The molecule has 168 valence electrons. The van der Waals surface area contributed by atoms with Gasteiger partial charge in [-0.3, -0.25) is 25.4 Å². The van der Waals surface area contributed by atoms with E-state index in [0.29, 0.717) is 0 Å². The van der Waals surface area contributed by atoms with E-state index in [2.05, 4.69) is 4.98 Å². The summed E-state index contributed by atoms with van der Waals surface area (Å²) in [5.41, 5.74) is 0.309. The van der Waals surface area contributed by atoms with E-state index >= 15 is 0 Å². The van der Waals surface area contributed by atoms with Gasteiger partial charge in [0, 0.05) is 32.1 Å². The van der Waals surface area contributed by atoms with Crippen LogP contribution in [0.15, 0.2) is 24.4 Å². The van der Waals surface area contributed by atoms with Crippen molar-refractivity contribution in [1.82, 2.24) is 20.7 Å². The summed E-state index contributed by atoms with van der Waals surface area (Å²) < 4.78 is 54.7. The summed E-state index contributed by atoms with van der Waals surface area (Å²) in [4.78, 5) is 37.9. The Labute approximate surface area is 170 Å². The van der Waals surface area contributed by atoms with Gasteiger partial charge in [0.05, 0.1) is 0 Å². The number of aromatic nitrogens is 1. The first kappa shape index (κ1) is 25.1. The minimum Gasteiger partial charge on any atom is -0.444 e. The lowest BCUT2D eigenvalue weighted by Crippen LogP contribution is -2.55. The summed E-state index contributed by atoms with van der Waals surface area (Å²) in [7, 11) is 0. The van der Waals surface area contributed by atoms with Crippen LogP contribution in [0.3, 0.4) is 0 Å². The number of carbonyl (C=O) groups is 3. The first-order valence-electron chi connectivity index (χ1n) is 8.93. The molecule has 0 saturated carbocycles. The van der Waals surface area contributed by atoms with Crippen LogP contribution in [0.25, 0.3) is 0 Å². The van der Waals surface area contributed by atoms with Crippen molar-refractivity contribution in [2.75, 3.05) is 13.1 Å². The highest BCUT2D eigenvalue weighted by atomic mass is 19.4. The predicted molar refractivity (Wildman–Crippen MR) is 97.5 cm³/mol. The highest BCUT2D eigenvalue weighted by molar-refractivity contribution is 5.86. The number of nitrogens with one attached hydrogen (secondary N) is 2. The second-order valence-electron chi connectivity index (χ2n) is 7.36. The third-order valence-electron chi connectivity index (χ3n) is 3.81. The van der Waals surface area contributed by atoms with E-state index in [1.807, 2.05) is 10.9 Å². The molecule has 0 spiro atoms. The number of carbonyl (C=O) groups excluding carboxylic acids is 3. The van der Waals surface area contributed by atoms with Crippen molar-refractivity contribution in [3.63, 3.8) is 0 Å². The fraction of sp³-hybridized carbons (Fsp3) is 0.556. The van der Waals surface area contributed by atoms with Crippen LogP contribution in [0.2, 0.25) is 0 Å². The highest BCUT2D eigenvalue weighted by Gasteiger charge is 2.43. The lowest BCUT2D eigenvalue weighted by atomic mass is 9.93. The molecule has 1 aromatic rings. The minimum absolute atomic E-state index is 0.0833. The largest absolute Gasteiger partial charge is 0.444 e. The molecule has 2 rings (SSSR count). The molecule has 1 aromatic heterocycles. The van der Waals surface area contributed by atoms with Gasteiger partial charge in [-0.05, 0) is 32.9 Å². The summed E-state index contributed by atoms with van der Waals surface area (Å²) in [6.45, 7) is 5.40. The monoisotopic (exact) mass is 436 g/mol. The first-order chi connectivity index (χ1) is 13.8. The Bertz CT molecular complexity index is 715. The molecule has 1 aliphatic rings. The fourth-order valence-electron chi connectivity index (χ4n) is 2.33. The number of ether oxygens (including phenoxy) is 1. The van der Waals surface area contributed by atoms with Gasteiger partial charge in [0.15, 0.2) is 5.67 Å². The molecule has 30 heavy (non-hydrogen) atoms. The van der Waals surface area contributed by atoms with Crippen LogP contribution in [0.1, 0.15) is 39.3 Å². The first-order valence-corrected chi connectivity index (χ1v) is 8.93. The maximum absolute atomic E-state index is 14.3. The number of piperidine rings is 1. The van der Waals surface area contributed by atoms with Crippen LogP contribution in [0, 0.1) is 0 Å². The van der Waals surface area contributed by atoms with Gasteiger partial charge >= 0.3 is 12.3 Å². The van der Waals surface area contributed by atoms with Gasteiger partial charge in [0.1, 0.15) is 11.3 Å². The van der Waals surface area contributed by atoms with Crippen molar-refractivity contribution in [3.8, 4) is 0 Å². The molecule has 1 fully saturated rings. The zero-order valence-corrected chi connectivity index (χ0v) is 16.8. The Kier molecular flexibility index (Phi) is 8.55. The van der Waals surface area contributed by atoms with Crippen LogP contribution in [-0.4, -0.2) is 52.7 Å². The molecular weight excluding hydrogens is 412 g/mol. The number of halogens is 4. The number of alkyl halides is 4.